The number of fused-ring (bicyclic) bond motifs is 1. The minimum atomic E-state index is -0.495. The number of nitroso groups, excluding NO2 is 1. The number of nitrogens with two attached hydrogens (primary N) is 1. The van der Waals surface area contributed by atoms with Crippen molar-refractivity contribution in [3.63, 3.8) is 0 Å². The average molecular weight is 454 g/mol. The van der Waals surface area contributed by atoms with E-state index in [0.717, 1.165) is 27.4 Å². The summed E-state index contributed by atoms with van der Waals surface area (Å²) in [5.74, 6) is 6.00. The normalized spacial score (nSPS) is 11.6. The predicted molar refractivity (Wildman–Crippen MR) is 131 cm³/mol. The Kier molecular flexibility index (Phi) is 6.48. The maximum atomic E-state index is 12.7. The number of aromatic nitrogens is 3. The first-order valence-corrected chi connectivity index (χ1v) is 10.9. The fourth-order valence-corrected chi connectivity index (χ4v) is 3.59. The first-order chi connectivity index (χ1) is 16.4. The van der Waals surface area contributed by atoms with Gasteiger partial charge in [0, 0.05) is 29.4 Å². The zero-order valence-electron chi connectivity index (χ0n) is 19.2. The van der Waals surface area contributed by atoms with Gasteiger partial charge < -0.3 is 11.1 Å². The Hall–Kier alpha value is -4.35. The number of aryl methyl sites for hydroxylation is 1. The monoisotopic (exact) mass is 453 g/mol. The van der Waals surface area contributed by atoms with Gasteiger partial charge in [0.2, 0.25) is 11.6 Å². The summed E-state index contributed by atoms with van der Waals surface area (Å²) < 4.78 is 2.84. The molecule has 0 aliphatic heterocycles. The molecule has 1 atom stereocenters. The van der Waals surface area contributed by atoms with E-state index in [1.54, 1.807) is 30.3 Å². The van der Waals surface area contributed by atoms with E-state index in [0.29, 0.717) is 16.8 Å². The maximum absolute atomic E-state index is 12.7. The Balaban J connectivity index is 1.83. The topological polar surface area (TPSA) is 105 Å². The third-order valence-electron chi connectivity index (χ3n) is 5.52. The van der Waals surface area contributed by atoms with Crippen LogP contribution in [0.3, 0.4) is 0 Å². The quantitative estimate of drug-likeness (QED) is 0.344. The van der Waals surface area contributed by atoms with Crippen LogP contribution in [0, 0.1) is 23.7 Å². The molecule has 34 heavy (non-hydrogen) atoms. The lowest BCUT2D eigenvalue weighted by Gasteiger charge is -2.06. The number of likely N-dealkylation sites (N-methyl/N-ethyl adjacent to an activating group) is 1. The first kappa shape index (κ1) is 22.8. The summed E-state index contributed by atoms with van der Waals surface area (Å²) in [6, 6.07) is 16.1. The van der Waals surface area contributed by atoms with Crippen LogP contribution in [0.2, 0.25) is 0 Å². The van der Waals surface area contributed by atoms with E-state index < -0.39 is 5.91 Å². The summed E-state index contributed by atoms with van der Waals surface area (Å²) in [6.07, 6.45) is 1.94. The van der Waals surface area contributed by atoms with Gasteiger partial charge in [-0.15, -0.1) is 0 Å². The van der Waals surface area contributed by atoms with E-state index in [4.69, 9.17) is 5.73 Å². The van der Waals surface area contributed by atoms with Crippen molar-refractivity contribution in [2.24, 2.45) is 5.73 Å². The Labute approximate surface area is 197 Å². The van der Waals surface area contributed by atoms with E-state index in [1.165, 1.54) is 0 Å². The van der Waals surface area contributed by atoms with Gasteiger partial charge in [0.15, 0.2) is 0 Å². The SMILES string of the molecule is CNC(C)C[N+](=O)c1ccc(-c2c(C)nc3ccccn23)c(C#Cc2ccc(C(N)=O)cc2)n1. The number of pyridine rings is 2. The number of benzene rings is 1. The molecule has 3 N–H and O–H groups in total. The molecule has 170 valence electrons. The molecule has 0 spiro atoms. The molecule has 0 aliphatic carbocycles. The molecule has 1 aromatic carbocycles. The second-order valence-electron chi connectivity index (χ2n) is 7.98. The minimum absolute atomic E-state index is 0.00158. The van der Waals surface area contributed by atoms with Crippen LogP contribution in [0.25, 0.3) is 16.9 Å². The van der Waals surface area contributed by atoms with Crippen molar-refractivity contribution >= 4 is 17.4 Å². The van der Waals surface area contributed by atoms with Gasteiger partial charge in [0.25, 0.3) is 0 Å². The van der Waals surface area contributed by atoms with Gasteiger partial charge in [-0.05, 0) is 79.0 Å². The lowest BCUT2D eigenvalue weighted by molar-refractivity contribution is -0.470. The zero-order valence-corrected chi connectivity index (χ0v) is 19.2. The lowest BCUT2D eigenvalue weighted by atomic mass is 10.1. The smallest absolute Gasteiger partial charge is 0.362 e. The predicted octanol–water partition coefficient (Wildman–Crippen LogP) is 3.22. The second-order valence-corrected chi connectivity index (χ2v) is 7.98. The molecule has 0 radical (unpaired) electrons. The molecule has 1 amide bonds. The van der Waals surface area contributed by atoms with Crippen LogP contribution >= 0.6 is 0 Å². The van der Waals surface area contributed by atoms with E-state index >= 15 is 0 Å². The van der Waals surface area contributed by atoms with Gasteiger partial charge in [-0.3, -0.25) is 9.20 Å². The average Bonchev–Trinajstić information content (AvgIpc) is 3.18. The molecular formula is C26H25N6O2+. The molecule has 4 rings (SSSR count). The van der Waals surface area contributed by atoms with E-state index in [9.17, 15) is 9.70 Å². The van der Waals surface area contributed by atoms with Crippen molar-refractivity contribution in [1.29, 1.82) is 0 Å². The van der Waals surface area contributed by atoms with Crippen LogP contribution in [0.15, 0.2) is 60.8 Å². The summed E-state index contributed by atoms with van der Waals surface area (Å²) in [4.78, 5) is 33.3. The molecule has 0 saturated heterocycles. The van der Waals surface area contributed by atoms with Gasteiger partial charge in [-0.2, -0.15) is 0 Å². The highest BCUT2D eigenvalue weighted by Crippen LogP contribution is 2.28. The maximum Gasteiger partial charge on any atom is 0.362 e. The van der Waals surface area contributed by atoms with Crippen molar-refractivity contribution in [2.45, 2.75) is 19.9 Å². The molecule has 0 bridgehead atoms. The van der Waals surface area contributed by atoms with Crippen LogP contribution in [0.5, 0.6) is 0 Å². The highest BCUT2D eigenvalue weighted by atomic mass is 16.3. The molecule has 8 heteroatoms. The molecule has 0 saturated carbocycles. The minimum Gasteiger partial charge on any atom is -0.366 e. The Bertz CT molecular complexity index is 1440. The molecule has 3 aromatic heterocycles. The van der Waals surface area contributed by atoms with E-state index in [-0.39, 0.29) is 18.4 Å². The van der Waals surface area contributed by atoms with Crippen LogP contribution in [0.4, 0.5) is 5.82 Å². The summed E-state index contributed by atoms with van der Waals surface area (Å²) >= 11 is 0. The largest absolute Gasteiger partial charge is 0.366 e. The van der Waals surface area contributed by atoms with Crippen molar-refractivity contribution in [3.05, 3.63) is 88.2 Å². The van der Waals surface area contributed by atoms with Crippen LogP contribution < -0.4 is 11.1 Å². The number of carbonyl (C=O) groups is 1. The molecule has 3 heterocycles. The third kappa shape index (κ3) is 4.70. The Morgan fingerprint density at radius 2 is 1.88 bits per heavy atom. The number of amides is 1. The Morgan fingerprint density at radius 1 is 1.12 bits per heavy atom. The molecule has 4 aromatic rings. The van der Waals surface area contributed by atoms with Crippen molar-refractivity contribution in [2.75, 3.05) is 13.6 Å². The van der Waals surface area contributed by atoms with Crippen molar-refractivity contribution in [1.82, 2.24) is 19.7 Å². The molecule has 0 aliphatic rings. The number of primary amides is 1. The van der Waals surface area contributed by atoms with Gasteiger partial charge in [0.1, 0.15) is 12.2 Å². The lowest BCUT2D eigenvalue weighted by Crippen LogP contribution is -2.29. The van der Waals surface area contributed by atoms with Gasteiger partial charge in [0.05, 0.1) is 17.0 Å². The van der Waals surface area contributed by atoms with Crippen LogP contribution in [-0.2, 0) is 0 Å². The van der Waals surface area contributed by atoms with Gasteiger partial charge in [-0.1, -0.05) is 16.9 Å². The van der Waals surface area contributed by atoms with Crippen molar-refractivity contribution in [3.8, 4) is 23.1 Å². The standard InChI is InChI=1S/C26H24N6O2/c1-17(28-3)16-32(34)24-14-12-21(25-18(2)29-23-6-4-5-15-31(23)25)22(30-24)13-9-19-7-10-20(11-8-19)26(27)33/h4-8,10-12,14-15,17,28H,16H2,1-3H3,(H-,27,33)/p+1. The molecule has 0 fully saturated rings. The summed E-state index contributed by atoms with van der Waals surface area (Å²) in [6.45, 7) is 4.11. The number of nitrogens with one attached hydrogen (secondary N) is 1. The van der Waals surface area contributed by atoms with Gasteiger partial charge in [-0.25, -0.2) is 4.98 Å². The molecule has 8 nitrogen and oxygen atoms in total. The fourth-order valence-electron chi connectivity index (χ4n) is 3.59. The van der Waals surface area contributed by atoms with Crippen molar-refractivity contribution < 1.29 is 9.55 Å². The first-order valence-electron chi connectivity index (χ1n) is 10.9. The summed E-state index contributed by atoms with van der Waals surface area (Å²) in [5.41, 5.74) is 10.2. The highest BCUT2D eigenvalue weighted by molar-refractivity contribution is 5.92. The number of nitrogens with zero attached hydrogens (tertiary/aromatic N) is 4. The van der Waals surface area contributed by atoms with Crippen LogP contribution in [0.1, 0.15) is 34.2 Å². The third-order valence-corrected chi connectivity index (χ3v) is 5.52. The van der Waals surface area contributed by atoms with E-state index in [1.807, 2.05) is 55.8 Å². The number of rotatable bonds is 6. The Morgan fingerprint density at radius 3 is 2.59 bits per heavy atom. The second kappa shape index (κ2) is 9.65. The number of hydrogen-bond acceptors (Lipinski definition) is 5. The number of carbonyl (C=O) groups excluding carboxylic acids is 1. The fraction of sp³-hybridized carbons (Fsp3) is 0.192. The summed E-state index contributed by atoms with van der Waals surface area (Å²) in [5, 5.41) is 3.06. The van der Waals surface area contributed by atoms with Crippen LogP contribution in [-0.4, -0.2) is 44.7 Å². The molecule has 1 unspecified atom stereocenters. The van der Waals surface area contributed by atoms with Gasteiger partial charge >= 0.3 is 5.82 Å². The highest BCUT2D eigenvalue weighted by Gasteiger charge is 2.23. The number of imidazole rings is 1. The number of hydrogen-bond donors (Lipinski definition) is 2. The van der Waals surface area contributed by atoms with E-state index in [2.05, 4.69) is 27.1 Å². The summed E-state index contributed by atoms with van der Waals surface area (Å²) in [7, 11) is 1.81. The molecular weight excluding hydrogens is 428 g/mol. The zero-order chi connectivity index (χ0) is 24.2.